The first-order chi connectivity index (χ1) is 15.5. The first-order valence-corrected chi connectivity index (χ1v) is 11.8. The minimum absolute atomic E-state index is 0.0292. The van der Waals surface area contributed by atoms with E-state index in [4.69, 9.17) is 28.2 Å². The molecule has 0 bridgehead atoms. The number of carbonyl (C=O) groups is 1. The third-order valence-corrected chi connectivity index (χ3v) is 6.47. The summed E-state index contributed by atoms with van der Waals surface area (Å²) in [5.74, 6) is 0.716. The number of nitrogens with zero attached hydrogens (tertiary/aromatic N) is 5. The Balaban J connectivity index is 1.57. The zero-order valence-corrected chi connectivity index (χ0v) is 19.5. The van der Waals surface area contributed by atoms with E-state index in [1.165, 1.54) is 0 Å². The standard InChI is InChI=1S/C22H26Cl2N6O2/c1-2-3-4-7-18(31)29-10-5-6-15(12-29)20-25-21-19(22(32)26-20)27-28-30(21)13-14-8-9-16(23)11-17(14)24/h8-9,11,15H,2-7,10,12-13H2,1H3,(H,25,26,32)/t15-/m1/s1. The minimum atomic E-state index is -0.329. The number of hydrogen-bond acceptors (Lipinski definition) is 5. The van der Waals surface area contributed by atoms with Gasteiger partial charge in [0.15, 0.2) is 11.2 Å². The maximum absolute atomic E-state index is 12.7. The summed E-state index contributed by atoms with van der Waals surface area (Å²) in [5.41, 5.74) is 1.06. The average molecular weight is 477 g/mol. The fraction of sp³-hybridized carbons (Fsp3) is 0.500. The van der Waals surface area contributed by atoms with Crippen molar-refractivity contribution in [2.24, 2.45) is 0 Å². The molecule has 0 aliphatic carbocycles. The summed E-state index contributed by atoms with van der Waals surface area (Å²) in [5, 5.41) is 9.18. The molecule has 170 valence electrons. The van der Waals surface area contributed by atoms with E-state index < -0.39 is 0 Å². The third kappa shape index (κ3) is 4.96. The molecular formula is C22H26Cl2N6O2. The number of rotatable bonds is 7. The van der Waals surface area contributed by atoms with Crippen molar-refractivity contribution < 1.29 is 4.79 Å². The van der Waals surface area contributed by atoms with Crippen molar-refractivity contribution in [1.82, 2.24) is 29.9 Å². The molecule has 8 nitrogen and oxygen atoms in total. The van der Waals surface area contributed by atoms with Crippen molar-refractivity contribution >= 4 is 40.3 Å². The lowest BCUT2D eigenvalue weighted by atomic mass is 9.96. The van der Waals surface area contributed by atoms with Crippen molar-refractivity contribution in [3.63, 3.8) is 0 Å². The largest absolute Gasteiger partial charge is 0.342 e. The number of H-pyrrole nitrogens is 1. The molecule has 1 aromatic carbocycles. The Morgan fingerprint density at radius 2 is 2.12 bits per heavy atom. The Morgan fingerprint density at radius 3 is 2.91 bits per heavy atom. The van der Waals surface area contributed by atoms with E-state index in [0.717, 1.165) is 44.2 Å². The molecule has 1 aliphatic heterocycles. The van der Waals surface area contributed by atoms with Crippen LogP contribution in [0.3, 0.4) is 0 Å². The molecule has 0 spiro atoms. The molecule has 1 fully saturated rings. The number of amides is 1. The predicted molar refractivity (Wildman–Crippen MR) is 124 cm³/mol. The Bertz CT molecular complexity index is 1170. The number of nitrogens with one attached hydrogen (secondary N) is 1. The average Bonchev–Trinajstić information content (AvgIpc) is 3.19. The van der Waals surface area contributed by atoms with E-state index >= 15 is 0 Å². The number of piperidine rings is 1. The summed E-state index contributed by atoms with van der Waals surface area (Å²) in [7, 11) is 0. The van der Waals surface area contributed by atoms with Gasteiger partial charge in [0.25, 0.3) is 5.56 Å². The SMILES string of the molecule is CCCCCC(=O)N1CCC[C@@H](c2nc3c(nnn3Cc3ccc(Cl)cc3Cl)c(=O)[nH]2)C1. The molecule has 0 radical (unpaired) electrons. The second-order valence-corrected chi connectivity index (χ2v) is 9.09. The summed E-state index contributed by atoms with van der Waals surface area (Å²) >= 11 is 12.3. The van der Waals surface area contributed by atoms with E-state index in [1.54, 1.807) is 16.8 Å². The predicted octanol–water partition coefficient (Wildman–Crippen LogP) is 4.16. The zero-order valence-electron chi connectivity index (χ0n) is 18.0. The van der Waals surface area contributed by atoms with Gasteiger partial charge < -0.3 is 9.88 Å². The summed E-state index contributed by atoms with van der Waals surface area (Å²) < 4.78 is 1.57. The fourth-order valence-corrected chi connectivity index (χ4v) is 4.57. The smallest absolute Gasteiger partial charge is 0.281 e. The van der Waals surface area contributed by atoms with Crippen LogP contribution in [0.4, 0.5) is 0 Å². The van der Waals surface area contributed by atoms with Crippen molar-refractivity contribution in [2.75, 3.05) is 13.1 Å². The van der Waals surface area contributed by atoms with Crippen molar-refractivity contribution in [3.05, 3.63) is 50.0 Å². The molecule has 3 heterocycles. The van der Waals surface area contributed by atoms with Crippen molar-refractivity contribution in [2.45, 2.75) is 57.9 Å². The molecular weight excluding hydrogens is 451 g/mol. The van der Waals surface area contributed by atoms with Crippen LogP contribution >= 0.6 is 23.2 Å². The number of carbonyl (C=O) groups excluding carboxylic acids is 1. The zero-order chi connectivity index (χ0) is 22.7. The Morgan fingerprint density at radius 1 is 1.28 bits per heavy atom. The topological polar surface area (TPSA) is 96.8 Å². The van der Waals surface area contributed by atoms with Crippen LogP contribution in [0.15, 0.2) is 23.0 Å². The molecule has 0 unspecified atom stereocenters. The summed E-state index contributed by atoms with van der Waals surface area (Å²) in [6.07, 6.45) is 5.37. The highest BCUT2D eigenvalue weighted by Gasteiger charge is 2.27. The van der Waals surface area contributed by atoms with Crippen LogP contribution in [0.1, 0.15) is 62.8 Å². The quantitative estimate of drug-likeness (QED) is 0.516. The molecule has 1 saturated heterocycles. The van der Waals surface area contributed by atoms with E-state index in [1.807, 2.05) is 11.0 Å². The molecule has 4 rings (SSSR count). The molecule has 10 heteroatoms. The number of fused-ring (bicyclic) bond motifs is 1. The first kappa shape index (κ1) is 22.7. The van der Waals surface area contributed by atoms with Gasteiger partial charge in [0.2, 0.25) is 5.91 Å². The van der Waals surface area contributed by atoms with E-state index in [-0.39, 0.29) is 22.9 Å². The molecule has 1 aliphatic rings. The van der Waals surface area contributed by atoms with Gasteiger partial charge in [0.1, 0.15) is 5.82 Å². The van der Waals surface area contributed by atoms with Gasteiger partial charge in [0, 0.05) is 35.5 Å². The van der Waals surface area contributed by atoms with Crippen LogP contribution in [-0.4, -0.2) is 48.9 Å². The van der Waals surface area contributed by atoms with Gasteiger partial charge in [-0.25, -0.2) is 9.67 Å². The van der Waals surface area contributed by atoms with Gasteiger partial charge in [-0.2, -0.15) is 0 Å². The molecule has 1 atom stereocenters. The van der Waals surface area contributed by atoms with Gasteiger partial charge in [-0.15, -0.1) is 5.10 Å². The van der Waals surface area contributed by atoms with E-state index in [2.05, 4.69) is 22.2 Å². The van der Waals surface area contributed by atoms with E-state index in [0.29, 0.717) is 41.0 Å². The second-order valence-electron chi connectivity index (χ2n) is 8.24. The van der Waals surface area contributed by atoms with Crippen molar-refractivity contribution in [1.29, 1.82) is 0 Å². The van der Waals surface area contributed by atoms with Crippen LogP contribution < -0.4 is 5.56 Å². The van der Waals surface area contributed by atoms with Gasteiger partial charge >= 0.3 is 0 Å². The maximum atomic E-state index is 12.7. The number of aromatic nitrogens is 5. The summed E-state index contributed by atoms with van der Waals surface area (Å²) in [4.78, 5) is 34.7. The lowest BCUT2D eigenvalue weighted by molar-refractivity contribution is -0.132. The second kappa shape index (κ2) is 10.0. The van der Waals surface area contributed by atoms with Crippen LogP contribution in [0.2, 0.25) is 10.0 Å². The summed E-state index contributed by atoms with van der Waals surface area (Å²) in [6.45, 7) is 3.75. The molecule has 1 N–H and O–H groups in total. The summed E-state index contributed by atoms with van der Waals surface area (Å²) in [6, 6.07) is 5.23. The van der Waals surface area contributed by atoms with Gasteiger partial charge in [-0.3, -0.25) is 9.59 Å². The lowest BCUT2D eigenvalue weighted by Crippen LogP contribution is -2.39. The Labute approximate surface area is 195 Å². The molecule has 32 heavy (non-hydrogen) atoms. The fourth-order valence-electron chi connectivity index (χ4n) is 4.11. The van der Waals surface area contributed by atoms with Crippen LogP contribution in [-0.2, 0) is 11.3 Å². The van der Waals surface area contributed by atoms with Gasteiger partial charge in [-0.05, 0) is 37.0 Å². The van der Waals surface area contributed by atoms with Crippen LogP contribution in [0.5, 0.6) is 0 Å². The normalized spacial score (nSPS) is 16.6. The van der Waals surface area contributed by atoms with Gasteiger partial charge in [-0.1, -0.05) is 54.2 Å². The third-order valence-electron chi connectivity index (χ3n) is 5.88. The van der Waals surface area contributed by atoms with Gasteiger partial charge in [0.05, 0.1) is 6.54 Å². The Hall–Kier alpha value is -2.45. The number of aromatic amines is 1. The molecule has 3 aromatic rings. The first-order valence-electron chi connectivity index (χ1n) is 11.0. The maximum Gasteiger partial charge on any atom is 0.281 e. The number of likely N-dealkylation sites (tertiary alicyclic amines) is 1. The number of benzene rings is 1. The molecule has 1 amide bonds. The highest BCUT2D eigenvalue weighted by molar-refractivity contribution is 6.35. The van der Waals surface area contributed by atoms with Crippen LogP contribution in [0, 0.1) is 0 Å². The van der Waals surface area contributed by atoms with E-state index in [9.17, 15) is 9.59 Å². The highest BCUT2D eigenvalue weighted by atomic mass is 35.5. The number of halogens is 2. The minimum Gasteiger partial charge on any atom is -0.342 e. The lowest BCUT2D eigenvalue weighted by Gasteiger charge is -2.32. The number of hydrogen-bond donors (Lipinski definition) is 1. The number of unbranched alkanes of at least 4 members (excludes halogenated alkanes) is 2. The monoisotopic (exact) mass is 476 g/mol. The van der Waals surface area contributed by atoms with Crippen LogP contribution in [0.25, 0.3) is 11.2 Å². The Kier molecular flexibility index (Phi) is 7.10. The highest BCUT2D eigenvalue weighted by Crippen LogP contribution is 2.26. The molecule has 2 aromatic heterocycles. The van der Waals surface area contributed by atoms with Crippen molar-refractivity contribution in [3.8, 4) is 0 Å². The molecule has 0 saturated carbocycles.